The highest BCUT2D eigenvalue weighted by Gasteiger charge is 2.17. The van der Waals surface area contributed by atoms with Gasteiger partial charge < -0.3 is 15.2 Å². The highest BCUT2D eigenvalue weighted by Crippen LogP contribution is 2.12. The first-order valence-corrected chi connectivity index (χ1v) is 7.51. The summed E-state index contributed by atoms with van der Waals surface area (Å²) in [5.74, 6) is -0.351. The van der Waals surface area contributed by atoms with Gasteiger partial charge in [-0.15, -0.1) is 0 Å². The zero-order chi connectivity index (χ0) is 18.7. The summed E-state index contributed by atoms with van der Waals surface area (Å²) in [5.41, 5.74) is 6.18. The molecule has 132 valence electrons. The summed E-state index contributed by atoms with van der Waals surface area (Å²) >= 11 is 0. The summed E-state index contributed by atoms with van der Waals surface area (Å²) in [7, 11) is 0. The lowest BCUT2D eigenvalue weighted by Crippen LogP contribution is -2.17. The molecule has 0 spiro atoms. The predicted octanol–water partition coefficient (Wildman–Crippen LogP) is 1.79. The van der Waals surface area contributed by atoms with Gasteiger partial charge in [0.2, 0.25) is 0 Å². The number of nitrogens with two attached hydrogens (primary N) is 1. The molecule has 0 unspecified atom stereocenters. The maximum atomic E-state index is 10.8. The van der Waals surface area contributed by atoms with Crippen LogP contribution in [0.2, 0.25) is 0 Å². The monoisotopic (exact) mass is 344 g/mol. The quantitative estimate of drug-likeness (QED) is 0.377. The Morgan fingerprint density at radius 1 is 1.04 bits per heavy atom. The second-order valence-electron chi connectivity index (χ2n) is 4.46. The molecule has 8 nitrogen and oxygen atoms in total. The van der Waals surface area contributed by atoms with Gasteiger partial charge in [-0.1, -0.05) is 6.58 Å². The zero-order valence-electron chi connectivity index (χ0n) is 14.1. The summed E-state index contributed by atoms with van der Waals surface area (Å²) in [6.45, 7) is 6.98. The number of nitrogens with zero attached hydrogens (tertiary/aromatic N) is 3. The van der Waals surface area contributed by atoms with Crippen molar-refractivity contribution < 1.29 is 19.1 Å². The minimum atomic E-state index is -0.726. The SMILES string of the molecule is C=C(C(=O)OCC)C(=O)OCC.Nc1ccnc(-c2ccncc2)n1. The van der Waals surface area contributed by atoms with E-state index in [0.717, 1.165) is 5.56 Å². The zero-order valence-corrected chi connectivity index (χ0v) is 14.1. The molecule has 2 heterocycles. The average molecular weight is 344 g/mol. The molecule has 8 heteroatoms. The molecule has 0 aliphatic heterocycles. The van der Waals surface area contributed by atoms with Crippen LogP contribution in [0, 0.1) is 0 Å². The fourth-order valence-corrected chi connectivity index (χ4v) is 1.53. The van der Waals surface area contributed by atoms with Crippen LogP contribution >= 0.6 is 0 Å². The molecular weight excluding hydrogens is 324 g/mol. The Kier molecular flexibility index (Phi) is 8.28. The van der Waals surface area contributed by atoms with Crippen LogP contribution < -0.4 is 5.73 Å². The third kappa shape index (κ3) is 6.78. The molecule has 0 fully saturated rings. The van der Waals surface area contributed by atoms with Gasteiger partial charge in [-0.2, -0.15) is 0 Å². The maximum absolute atomic E-state index is 10.8. The standard InChI is InChI=1S/C9H8N4.C8H12O4/c10-8-3-6-12-9(13-8)7-1-4-11-5-2-7;1-4-11-7(9)6(3)8(10)12-5-2/h1-6H,(H2,10,12,13);3-5H2,1-2H3. The third-order valence-corrected chi connectivity index (χ3v) is 2.66. The van der Waals surface area contributed by atoms with Gasteiger partial charge >= 0.3 is 11.9 Å². The van der Waals surface area contributed by atoms with Gasteiger partial charge in [-0.3, -0.25) is 4.98 Å². The van der Waals surface area contributed by atoms with Gasteiger partial charge in [-0.25, -0.2) is 19.6 Å². The van der Waals surface area contributed by atoms with Crippen LogP contribution in [0.1, 0.15) is 13.8 Å². The van der Waals surface area contributed by atoms with Crippen molar-refractivity contribution in [3.8, 4) is 11.4 Å². The Morgan fingerprint density at radius 3 is 2.08 bits per heavy atom. The predicted molar refractivity (Wildman–Crippen MR) is 92.1 cm³/mol. The summed E-state index contributed by atoms with van der Waals surface area (Å²) in [6.07, 6.45) is 5.03. The number of esters is 2. The maximum Gasteiger partial charge on any atom is 0.344 e. The molecule has 0 aromatic carbocycles. The van der Waals surface area contributed by atoms with E-state index in [4.69, 9.17) is 5.73 Å². The van der Waals surface area contributed by atoms with Crippen LogP contribution in [-0.4, -0.2) is 40.1 Å². The van der Waals surface area contributed by atoms with Crippen molar-refractivity contribution in [2.75, 3.05) is 18.9 Å². The first-order chi connectivity index (χ1) is 12.0. The second-order valence-corrected chi connectivity index (χ2v) is 4.46. The number of nitrogen functional groups attached to an aromatic ring is 1. The molecule has 0 saturated heterocycles. The Bertz CT molecular complexity index is 700. The molecule has 0 aliphatic carbocycles. The van der Waals surface area contributed by atoms with E-state index in [-0.39, 0.29) is 18.8 Å². The Morgan fingerprint density at radius 2 is 1.60 bits per heavy atom. The van der Waals surface area contributed by atoms with Gasteiger partial charge in [0.1, 0.15) is 11.4 Å². The Hall–Kier alpha value is -3.29. The molecule has 0 aliphatic rings. The van der Waals surface area contributed by atoms with Crippen LogP contribution in [0.5, 0.6) is 0 Å². The van der Waals surface area contributed by atoms with E-state index in [1.165, 1.54) is 0 Å². The van der Waals surface area contributed by atoms with Gasteiger partial charge in [0.15, 0.2) is 5.82 Å². The molecule has 0 radical (unpaired) electrons. The van der Waals surface area contributed by atoms with Crippen molar-refractivity contribution in [2.24, 2.45) is 0 Å². The van der Waals surface area contributed by atoms with Crippen LogP contribution in [0.25, 0.3) is 11.4 Å². The fraction of sp³-hybridized carbons (Fsp3) is 0.235. The molecule has 0 saturated carbocycles. The van der Waals surface area contributed by atoms with Crippen molar-refractivity contribution in [1.82, 2.24) is 15.0 Å². The smallest absolute Gasteiger partial charge is 0.344 e. The Balaban J connectivity index is 0.000000252. The molecule has 2 aromatic heterocycles. The molecule has 2 aromatic rings. The largest absolute Gasteiger partial charge is 0.462 e. The van der Waals surface area contributed by atoms with Gasteiger partial charge in [0.05, 0.1) is 13.2 Å². The van der Waals surface area contributed by atoms with Crippen molar-refractivity contribution in [2.45, 2.75) is 13.8 Å². The molecule has 0 atom stereocenters. The van der Waals surface area contributed by atoms with Gasteiger partial charge in [0.25, 0.3) is 0 Å². The lowest BCUT2D eigenvalue weighted by Gasteiger charge is -2.03. The lowest BCUT2D eigenvalue weighted by molar-refractivity contribution is -0.146. The van der Waals surface area contributed by atoms with E-state index in [1.807, 2.05) is 12.1 Å². The Labute approximate surface area is 145 Å². The van der Waals surface area contributed by atoms with Crippen LogP contribution in [-0.2, 0) is 19.1 Å². The molecule has 25 heavy (non-hydrogen) atoms. The first-order valence-electron chi connectivity index (χ1n) is 7.51. The number of ether oxygens (including phenoxy) is 2. The number of pyridine rings is 1. The average Bonchev–Trinajstić information content (AvgIpc) is 2.63. The van der Waals surface area contributed by atoms with Crippen molar-refractivity contribution in [1.29, 1.82) is 0 Å². The molecular formula is C17H20N4O4. The van der Waals surface area contributed by atoms with Gasteiger partial charge in [-0.05, 0) is 32.0 Å². The number of aromatic nitrogens is 3. The highest BCUT2D eigenvalue weighted by molar-refractivity contribution is 6.13. The first kappa shape index (κ1) is 19.8. The van der Waals surface area contributed by atoms with Gasteiger partial charge in [0, 0.05) is 24.2 Å². The summed E-state index contributed by atoms with van der Waals surface area (Å²) in [4.78, 5) is 33.8. The van der Waals surface area contributed by atoms with E-state index in [0.29, 0.717) is 11.6 Å². The topological polar surface area (TPSA) is 117 Å². The lowest BCUT2D eigenvalue weighted by atomic mass is 10.2. The van der Waals surface area contributed by atoms with E-state index in [2.05, 4.69) is 31.0 Å². The second kappa shape index (κ2) is 10.5. The molecule has 2 N–H and O–H groups in total. The molecule has 0 bridgehead atoms. The molecule has 2 rings (SSSR count). The normalized spacial score (nSPS) is 9.36. The number of rotatable bonds is 5. The number of carbonyl (C=O) groups is 2. The van der Waals surface area contributed by atoms with E-state index in [1.54, 1.807) is 38.5 Å². The van der Waals surface area contributed by atoms with Crippen molar-refractivity contribution >= 4 is 17.8 Å². The van der Waals surface area contributed by atoms with Crippen LogP contribution in [0.15, 0.2) is 48.9 Å². The van der Waals surface area contributed by atoms with Crippen molar-refractivity contribution in [3.05, 3.63) is 48.9 Å². The minimum absolute atomic E-state index is 0.220. The fourth-order valence-electron chi connectivity index (χ4n) is 1.53. The third-order valence-electron chi connectivity index (χ3n) is 2.66. The summed E-state index contributed by atoms with van der Waals surface area (Å²) < 4.78 is 9.06. The summed E-state index contributed by atoms with van der Waals surface area (Å²) in [6, 6.07) is 5.34. The number of anilines is 1. The van der Waals surface area contributed by atoms with Crippen LogP contribution in [0.3, 0.4) is 0 Å². The number of hydrogen-bond acceptors (Lipinski definition) is 8. The van der Waals surface area contributed by atoms with Crippen LogP contribution in [0.4, 0.5) is 5.82 Å². The van der Waals surface area contributed by atoms with Crippen molar-refractivity contribution in [3.63, 3.8) is 0 Å². The molecule has 0 amide bonds. The number of carbonyl (C=O) groups excluding carboxylic acids is 2. The summed E-state index contributed by atoms with van der Waals surface area (Å²) in [5, 5.41) is 0. The van der Waals surface area contributed by atoms with E-state index >= 15 is 0 Å². The van der Waals surface area contributed by atoms with E-state index in [9.17, 15) is 9.59 Å². The highest BCUT2D eigenvalue weighted by atomic mass is 16.6. The van der Waals surface area contributed by atoms with E-state index < -0.39 is 11.9 Å². The number of hydrogen-bond donors (Lipinski definition) is 1. The minimum Gasteiger partial charge on any atom is -0.462 e.